The number of aryl methyl sites for hydroxylation is 1. The second kappa shape index (κ2) is 7.24. The number of rotatable bonds is 7. The molecule has 1 aromatic rings. The Bertz CT molecular complexity index is 410. The van der Waals surface area contributed by atoms with Crippen LogP contribution in [0.25, 0.3) is 0 Å². The summed E-state index contributed by atoms with van der Waals surface area (Å²) in [4.78, 5) is 8.61. The van der Waals surface area contributed by atoms with Gasteiger partial charge in [0.15, 0.2) is 0 Å². The lowest BCUT2D eigenvalue weighted by Gasteiger charge is -2.20. The van der Waals surface area contributed by atoms with Crippen molar-refractivity contribution < 1.29 is 4.74 Å². The lowest BCUT2D eigenvalue weighted by Crippen LogP contribution is -2.35. The molecule has 0 unspecified atom stereocenters. The van der Waals surface area contributed by atoms with Crippen LogP contribution >= 0.6 is 0 Å². The highest BCUT2D eigenvalue weighted by Crippen LogP contribution is 2.10. The summed E-state index contributed by atoms with van der Waals surface area (Å²) in [6.07, 6.45) is 5.62. The molecule has 0 saturated heterocycles. The molecule has 0 saturated carbocycles. The molecule has 0 aliphatic carbocycles. The van der Waals surface area contributed by atoms with Gasteiger partial charge in [0.25, 0.3) is 0 Å². The lowest BCUT2D eigenvalue weighted by molar-refractivity contribution is 0.286. The van der Waals surface area contributed by atoms with Crippen LogP contribution in [0.2, 0.25) is 0 Å². The second-order valence-corrected chi connectivity index (χ2v) is 5.65. The lowest BCUT2D eigenvalue weighted by atomic mass is 10.1. The zero-order valence-corrected chi connectivity index (χ0v) is 12.5. The Balaban J connectivity index is 2.52. The smallest absolute Gasteiger partial charge is 0.316 e. The van der Waals surface area contributed by atoms with Crippen molar-refractivity contribution >= 4 is 0 Å². The molecule has 106 valence electrons. The average Bonchev–Trinajstić information content (AvgIpc) is 2.32. The standard InChI is InChI=1S/C15H25N3O/c1-6-7-8-9-19-14-16-10-13(12(2)18-14)11-17-15(3,4)5/h6,10,17H,1,7-9,11H2,2-5H3. The van der Waals surface area contributed by atoms with Crippen molar-refractivity contribution in [3.05, 3.63) is 30.1 Å². The number of hydrogen-bond donors (Lipinski definition) is 1. The Kier molecular flexibility index (Phi) is 5.96. The first-order valence-corrected chi connectivity index (χ1v) is 6.73. The second-order valence-electron chi connectivity index (χ2n) is 5.65. The van der Waals surface area contributed by atoms with Crippen molar-refractivity contribution in [1.82, 2.24) is 15.3 Å². The maximum atomic E-state index is 5.50. The van der Waals surface area contributed by atoms with Crippen molar-refractivity contribution in [2.45, 2.75) is 52.6 Å². The molecule has 0 bridgehead atoms. The summed E-state index contributed by atoms with van der Waals surface area (Å²) >= 11 is 0. The number of allylic oxidation sites excluding steroid dienone is 1. The van der Waals surface area contributed by atoms with Crippen LogP contribution in [0.1, 0.15) is 44.9 Å². The summed E-state index contributed by atoms with van der Waals surface area (Å²) in [5.41, 5.74) is 2.16. The van der Waals surface area contributed by atoms with Crippen LogP contribution in [0, 0.1) is 6.92 Å². The van der Waals surface area contributed by atoms with Gasteiger partial charge in [-0.05, 0) is 40.5 Å². The minimum atomic E-state index is 0.0896. The van der Waals surface area contributed by atoms with Crippen LogP contribution in [0.4, 0.5) is 0 Å². The van der Waals surface area contributed by atoms with Crippen molar-refractivity contribution in [2.75, 3.05) is 6.61 Å². The molecule has 1 aromatic heterocycles. The molecular formula is C15H25N3O. The molecule has 0 spiro atoms. The van der Waals surface area contributed by atoms with E-state index in [-0.39, 0.29) is 5.54 Å². The minimum Gasteiger partial charge on any atom is -0.463 e. The molecule has 1 rings (SSSR count). The molecule has 1 heterocycles. The van der Waals surface area contributed by atoms with Gasteiger partial charge in [-0.2, -0.15) is 0 Å². The van der Waals surface area contributed by atoms with Crippen LogP contribution in [-0.2, 0) is 6.54 Å². The van der Waals surface area contributed by atoms with Gasteiger partial charge in [-0.3, -0.25) is 0 Å². The predicted octanol–water partition coefficient (Wildman–Crippen LogP) is 3.02. The highest BCUT2D eigenvalue weighted by atomic mass is 16.5. The highest BCUT2D eigenvalue weighted by molar-refractivity contribution is 5.17. The van der Waals surface area contributed by atoms with E-state index >= 15 is 0 Å². The number of aromatic nitrogens is 2. The van der Waals surface area contributed by atoms with Crippen LogP contribution in [0.15, 0.2) is 18.9 Å². The molecule has 1 N–H and O–H groups in total. The molecule has 0 radical (unpaired) electrons. The summed E-state index contributed by atoms with van der Waals surface area (Å²) in [6.45, 7) is 13.5. The third-order valence-corrected chi connectivity index (χ3v) is 2.65. The normalized spacial score (nSPS) is 11.4. The third kappa shape index (κ3) is 6.34. The number of ether oxygens (including phenoxy) is 1. The maximum Gasteiger partial charge on any atom is 0.316 e. The minimum absolute atomic E-state index is 0.0896. The molecule has 19 heavy (non-hydrogen) atoms. The Morgan fingerprint density at radius 1 is 1.42 bits per heavy atom. The van der Waals surface area contributed by atoms with Gasteiger partial charge in [0, 0.05) is 29.5 Å². The first-order chi connectivity index (χ1) is 8.92. The fraction of sp³-hybridized carbons (Fsp3) is 0.600. The van der Waals surface area contributed by atoms with E-state index in [0.717, 1.165) is 30.6 Å². The fourth-order valence-corrected chi connectivity index (χ4v) is 1.47. The van der Waals surface area contributed by atoms with Crippen LogP contribution in [0.3, 0.4) is 0 Å². The largest absolute Gasteiger partial charge is 0.463 e. The molecule has 0 fully saturated rings. The third-order valence-electron chi connectivity index (χ3n) is 2.65. The zero-order valence-electron chi connectivity index (χ0n) is 12.5. The first-order valence-electron chi connectivity index (χ1n) is 6.73. The Hall–Kier alpha value is -1.42. The van der Waals surface area contributed by atoms with Gasteiger partial charge in [-0.1, -0.05) is 6.08 Å². The Morgan fingerprint density at radius 3 is 2.74 bits per heavy atom. The van der Waals surface area contributed by atoms with Gasteiger partial charge < -0.3 is 10.1 Å². The molecule has 0 aliphatic heterocycles. The van der Waals surface area contributed by atoms with Crippen LogP contribution < -0.4 is 10.1 Å². The van der Waals surface area contributed by atoms with E-state index in [0.29, 0.717) is 12.6 Å². The molecule has 4 nitrogen and oxygen atoms in total. The van der Waals surface area contributed by atoms with Crippen molar-refractivity contribution in [3.63, 3.8) is 0 Å². The van der Waals surface area contributed by atoms with E-state index in [4.69, 9.17) is 4.74 Å². The van der Waals surface area contributed by atoms with E-state index in [1.807, 2.05) is 19.2 Å². The van der Waals surface area contributed by atoms with Gasteiger partial charge >= 0.3 is 6.01 Å². The van der Waals surface area contributed by atoms with Gasteiger partial charge in [-0.25, -0.2) is 9.97 Å². The van der Waals surface area contributed by atoms with Gasteiger partial charge in [0.05, 0.1) is 6.61 Å². The summed E-state index contributed by atoms with van der Waals surface area (Å²) in [5.74, 6) is 0. The van der Waals surface area contributed by atoms with Gasteiger partial charge in [0.1, 0.15) is 0 Å². The van der Waals surface area contributed by atoms with Crippen LogP contribution in [-0.4, -0.2) is 22.1 Å². The molecule has 0 atom stereocenters. The molecule has 0 amide bonds. The van der Waals surface area contributed by atoms with E-state index in [9.17, 15) is 0 Å². The topological polar surface area (TPSA) is 47.0 Å². The summed E-state index contributed by atoms with van der Waals surface area (Å²) in [7, 11) is 0. The summed E-state index contributed by atoms with van der Waals surface area (Å²) < 4.78 is 5.50. The first kappa shape index (κ1) is 15.6. The SMILES string of the molecule is C=CCCCOc1ncc(CNC(C)(C)C)c(C)n1. The zero-order chi connectivity index (χ0) is 14.3. The summed E-state index contributed by atoms with van der Waals surface area (Å²) in [6, 6.07) is 0.459. The van der Waals surface area contributed by atoms with Crippen molar-refractivity contribution in [1.29, 1.82) is 0 Å². The number of hydrogen-bond acceptors (Lipinski definition) is 4. The van der Waals surface area contributed by atoms with E-state index < -0.39 is 0 Å². The number of nitrogens with one attached hydrogen (secondary N) is 1. The highest BCUT2D eigenvalue weighted by Gasteiger charge is 2.10. The molecule has 4 heteroatoms. The number of unbranched alkanes of at least 4 members (excludes halogenated alkanes) is 1. The van der Waals surface area contributed by atoms with Crippen LogP contribution in [0.5, 0.6) is 6.01 Å². The van der Waals surface area contributed by atoms with Crippen molar-refractivity contribution in [2.24, 2.45) is 0 Å². The molecular weight excluding hydrogens is 238 g/mol. The van der Waals surface area contributed by atoms with Gasteiger partial charge in [0.2, 0.25) is 0 Å². The fourth-order valence-electron chi connectivity index (χ4n) is 1.47. The quantitative estimate of drug-likeness (QED) is 0.607. The van der Waals surface area contributed by atoms with Gasteiger partial charge in [-0.15, -0.1) is 6.58 Å². The molecule has 0 aromatic carbocycles. The van der Waals surface area contributed by atoms with Crippen molar-refractivity contribution in [3.8, 4) is 6.01 Å². The average molecular weight is 263 g/mol. The maximum absolute atomic E-state index is 5.50. The van der Waals surface area contributed by atoms with E-state index in [1.165, 1.54) is 0 Å². The van der Waals surface area contributed by atoms with E-state index in [2.05, 4.69) is 42.6 Å². The monoisotopic (exact) mass is 263 g/mol. The van der Waals surface area contributed by atoms with E-state index in [1.54, 1.807) is 0 Å². The Labute approximate surface area is 116 Å². The predicted molar refractivity (Wildman–Crippen MR) is 78.3 cm³/mol. The Morgan fingerprint density at radius 2 is 2.16 bits per heavy atom. The number of nitrogens with zero attached hydrogens (tertiary/aromatic N) is 2. The summed E-state index contributed by atoms with van der Waals surface area (Å²) in [5, 5.41) is 3.43. The molecule has 0 aliphatic rings.